The van der Waals surface area contributed by atoms with Gasteiger partial charge in [0, 0.05) is 17.6 Å². The molecule has 0 spiro atoms. The van der Waals surface area contributed by atoms with Crippen LogP contribution in [0.3, 0.4) is 0 Å². The number of carbonyl (C=O) groups excluding carboxylic acids is 2. The van der Waals surface area contributed by atoms with E-state index >= 15 is 0 Å². The number of likely N-dealkylation sites (N-methyl/N-ethyl adjacent to an activating group) is 1. The second-order valence-corrected chi connectivity index (χ2v) is 6.72. The molecule has 1 N–H and O–H groups in total. The van der Waals surface area contributed by atoms with E-state index in [4.69, 9.17) is 21.1 Å². The molecule has 1 heterocycles. The van der Waals surface area contributed by atoms with Crippen LogP contribution in [0.25, 0.3) is 0 Å². The lowest BCUT2D eigenvalue weighted by Gasteiger charge is -2.25. The molecule has 2 rings (SSSR count). The Morgan fingerprint density at radius 3 is 2.61 bits per heavy atom. The highest BCUT2D eigenvalue weighted by molar-refractivity contribution is 6.32. The summed E-state index contributed by atoms with van der Waals surface area (Å²) in [7, 11) is 0. The van der Waals surface area contributed by atoms with Gasteiger partial charge < -0.3 is 19.7 Å². The maximum absolute atomic E-state index is 12.6. The zero-order valence-corrected chi connectivity index (χ0v) is 14.5. The van der Waals surface area contributed by atoms with Crippen LogP contribution in [-0.2, 0) is 4.79 Å². The third-order valence-electron chi connectivity index (χ3n) is 3.19. The molecule has 0 unspecified atom stereocenters. The number of rotatable bonds is 4. The third kappa shape index (κ3) is 4.28. The van der Waals surface area contributed by atoms with E-state index in [2.05, 4.69) is 5.32 Å². The van der Waals surface area contributed by atoms with Crippen LogP contribution >= 0.6 is 11.6 Å². The van der Waals surface area contributed by atoms with Gasteiger partial charge in [0.05, 0.1) is 11.6 Å². The largest absolute Gasteiger partial charge is 0.454 e. The van der Waals surface area contributed by atoms with E-state index in [1.165, 1.54) is 11.0 Å². The number of hydrogen-bond donors (Lipinski definition) is 1. The minimum absolute atomic E-state index is 0.0152. The number of fused-ring (bicyclic) bond motifs is 1. The van der Waals surface area contributed by atoms with Gasteiger partial charge in [-0.25, -0.2) is 0 Å². The summed E-state index contributed by atoms with van der Waals surface area (Å²) in [6.45, 7) is 7.96. The summed E-state index contributed by atoms with van der Waals surface area (Å²) in [5.41, 5.74) is 0.0198. The van der Waals surface area contributed by atoms with Crippen molar-refractivity contribution < 1.29 is 19.1 Å². The van der Waals surface area contributed by atoms with E-state index < -0.39 is 0 Å². The topological polar surface area (TPSA) is 67.9 Å². The molecule has 23 heavy (non-hydrogen) atoms. The Morgan fingerprint density at radius 1 is 1.30 bits per heavy atom. The van der Waals surface area contributed by atoms with Crippen molar-refractivity contribution in [2.45, 2.75) is 33.2 Å². The predicted octanol–water partition coefficient (Wildman–Crippen LogP) is 2.45. The summed E-state index contributed by atoms with van der Waals surface area (Å²) in [5, 5.41) is 3.16. The zero-order chi connectivity index (χ0) is 17.2. The van der Waals surface area contributed by atoms with Crippen LogP contribution in [0, 0.1) is 0 Å². The Bertz CT molecular complexity index is 625. The van der Waals surface area contributed by atoms with Gasteiger partial charge in [-0.2, -0.15) is 0 Å². The minimum atomic E-state index is -0.346. The SMILES string of the molecule is CCN(CC(=O)NC(C)(C)C)C(=O)c1cc(Cl)c2c(c1)OCO2. The fraction of sp³-hybridized carbons (Fsp3) is 0.500. The first-order valence-electron chi connectivity index (χ1n) is 7.40. The molecule has 2 amide bonds. The number of benzene rings is 1. The molecular weight excluding hydrogens is 320 g/mol. The van der Waals surface area contributed by atoms with Gasteiger partial charge in [-0.3, -0.25) is 9.59 Å². The van der Waals surface area contributed by atoms with Crippen LogP contribution in [0.15, 0.2) is 12.1 Å². The molecule has 0 aliphatic carbocycles. The summed E-state index contributed by atoms with van der Waals surface area (Å²) in [6, 6.07) is 3.11. The lowest BCUT2D eigenvalue weighted by Crippen LogP contribution is -2.47. The molecule has 1 aromatic carbocycles. The van der Waals surface area contributed by atoms with Crippen molar-refractivity contribution in [3.63, 3.8) is 0 Å². The van der Waals surface area contributed by atoms with Gasteiger partial charge in [0.2, 0.25) is 12.7 Å². The Kier molecular flexibility index (Phi) is 5.04. The van der Waals surface area contributed by atoms with Crippen molar-refractivity contribution in [3.05, 3.63) is 22.7 Å². The maximum Gasteiger partial charge on any atom is 0.254 e. The number of carbonyl (C=O) groups is 2. The monoisotopic (exact) mass is 340 g/mol. The van der Waals surface area contributed by atoms with Crippen LogP contribution < -0.4 is 14.8 Å². The Labute approximate surface area is 140 Å². The van der Waals surface area contributed by atoms with Gasteiger partial charge >= 0.3 is 0 Å². The van der Waals surface area contributed by atoms with Crippen LogP contribution in [0.1, 0.15) is 38.1 Å². The zero-order valence-electron chi connectivity index (χ0n) is 13.7. The van der Waals surface area contributed by atoms with Crippen molar-refractivity contribution in [3.8, 4) is 11.5 Å². The van der Waals surface area contributed by atoms with E-state index in [9.17, 15) is 9.59 Å². The van der Waals surface area contributed by atoms with Gasteiger partial charge in [0.15, 0.2) is 11.5 Å². The highest BCUT2D eigenvalue weighted by atomic mass is 35.5. The van der Waals surface area contributed by atoms with E-state index in [1.54, 1.807) is 6.07 Å². The van der Waals surface area contributed by atoms with Crippen LogP contribution in [-0.4, -0.2) is 42.1 Å². The molecule has 0 bridgehead atoms. The molecule has 0 radical (unpaired) electrons. The molecule has 0 atom stereocenters. The van der Waals surface area contributed by atoms with E-state index in [1.807, 2.05) is 27.7 Å². The van der Waals surface area contributed by atoms with Gasteiger partial charge in [0.25, 0.3) is 5.91 Å². The highest BCUT2D eigenvalue weighted by Crippen LogP contribution is 2.40. The predicted molar refractivity (Wildman–Crippen MR) is 87.0 cm³/mol. The Morgan fingerprint density at radius 2 is 2.00 bits per heavy atom. The summed E-state index contributed by atoms with van der Waals surface area (Å²) in [4.78, 5) is 26.1. The summed E-state index contributed by atoms with van der Waals surface area (Å²) >= 11 is 6.10. The number of nitrogens with zero attached hydrogens (tertiary/aromatic N) is 1. The molecule has 126 valence electrons. The van der Waals surface area contributed by atoms with E-state index in [-0.39, 0.29) is 30.7 Å². The molecule has 1 aromatic rings. The molecule has 0 fully saturated rings. The quantitative estimate of drug-likeness (QED) is 0.914. The second-order valence-electron chi connectivity index (χ2n) is 6.31. The first-order valence-corrected chi connectivity index (χ1v) is 7.78. The van der Waals surface area contributed by atoms with Gasteiger partial charge in [-0.05, 0) is 39.8 Å². The van der Waals surface area contributed by atoms with Gasteiger partial charge in [-0.15, -0.1) is 0 Å². The van der Waals surface area contributed by atoms with Crippen molar-refractivity contribution in [2.75, 3.05) is 19.9 Å². The fourth-order valence-electron chi connectivity index (χ4n) is 2.23. The first kappa shape index (κ1) is 17.4. The fourth-order valence-corrected chi connectivity index (χ4v) is 2.50. The number of nitrogens with one attached hydrogen (secondary N) is 1. The van der Waals surface area contributed by atoms with Crippen molar-refractivity contribution >= 4 is 23.4 Å². The number of halogens is 1. The maximum atomic E-state index is 12.6. The lowest BCUT2D eigenvalue weighted by molar-refractivity contribution is -0.123. The van der Waals surface area contributed by atoms with Crippen molar-refractivity contribution in [1.29, 1.82) is 0 Å². The van der Waals surface area contributed by atoms with Crippen LogP contribution in [0.5, 0.6) is 11.5 Å². The van der Waals surface area contributed by atoms with Crippen LogP contribution in [0.2, 0.25) is 5.02 Å². The summed E-state index contributed by atoms with van der Waals surface area (Å²) < 4.78 is 10.5. The third-order valence-corrected chi connectivity index (χ3v) is 3.47. The molecule has 0 aromatic heterocycles. The van der Waals surface area contributed by atoms with Crippen LogP contribution in [0.4, 0.5) is 0 Å². The Balaban J connectivity index is 2.14. The average Bonchev–Trinajstić information content (AvgIpc) is 2.91. The van der Waals surface area contributed by atoms with E-state index in [0.717, 1.165) is 0 Å². The molecule has 0 saturated carbocycles. The highest BCUT2D eigenvalue weighted by Gasteiger charge is 2.24. The molecule has 1 aliphatic rings. The van der Waals surface area contributed by atoms with Crippen molar-refractivity contribution in [1.82, 2.24) is 10.2 Å². The second kappa shape index (κ2) is 6.66. The van der Waals surface area contributed by atoms with Gasteiger partial charge in [0.1, 0.15) is 0 Å². The smallest absolute Gasteiger partial charge is 0.254 e. The number of amides is 2. The molecule has 1 aliphatic heterocycles. The normalized spacial score (nSPS) is 12.9. The van der Waals surface area contributed by atoms with Gasteiger partial charge in [-0.1, -0.05) is 11.6 Å². The average molecular weight is 341 g/mol. The Hall–Kier alpha value is -1.95. The standard InChI is InChI=1S/C16H21ClN2O4/c1-5-19(8-13(20)18-16(2,3)4)15(21)10-6-11(17)14-12(7-10)22-9-23-14/h6-7H,5,8-9H2,1-4H3,(H,18,20). The number of ether oxygens (including phenoxy) is 2. The lowest BCUT2D eigenvalue weighted by atomic mass is 10.1. The molecular formula is C16H21ClN2O4. The summed E-state index contributed by atoms with van der Waals surface area (Å²) in [6.07, 6.45) is 0. The minimum Gasteiger partial charge on any atom is -0.454 e. The molecule has 0 saturated heterocycles. The molecule has 6 nitrogen and oxygen atoms in total. The van der Waals surface area contributed by atoms with E-state index in [0.29, 0.717) is 28.6 Å². The first-order chi connectivity index (χ1) is 10.7. The summed E-state index contributed by atoms with van der Waals surface area (Å²) in [5.74, 6) is 0.393. The van der Waals surface area contributed by atoms with Crippen molar-refractivity contribution in [2.24, 2.45) is 0 Å². The number of hydrogen-bond acceptors (Lipinski definition) is 4. The molecule has 7 heteroatoms.